The van der Waals surface area contributed by atoms with Crippen LogP contribution in [-0.4, -0.2) is 31.8 Å². The van der Waals surface area contributed by atoms with Crippen LogP contribution in [0.4, 0.5) is 0 Å². The Morgan fingerprint density at radius 3 is 3.00 bits per heavy atom. The van der Waals surface area contributed by atoms with Gasteiger partial charge in [-0.1, -0.05) is 37.6 Å². The molecule has 2 aromatic rings. The number of rotatable bonds is 4. The molecule has 22 heavy (non-hydrogen) atoms. The molecule has 6 heteroatoms. The summed E-state index contributed by atoms with van der Waals surface area (Å²) in [7, 11) is 0. The number of nitrogens with zero attached hydrogens (tertiary/aromatic N) is 3. The molecule has 1 aliphatic carbocycles. The molecule has 1 aliphatic rings. The van der Waals surface area contributed by atoms with Crippen LogP contribution in [0.25, 0.3) is 5.65 Å². The largest absolute Gasteiger partial charge is 0.352 e. The van der Waals surface area contributed by atoms with Gasteiger partial charge < -0.3 is 5.32 Å². The number of carbonyl (C=O) groups excluding carboxylic acids is 1. The molecule has 2 heterocycles. The Kier molecular flexibility index (Phi) is 4.66. The van der Waals surface area contributed by atoms with E-state index in [-0.39, 0.29) is 11.2 Å². The fourth-order valence-corrected chi connectivity index (χ4v) is 3.79. The van der Waals surface area contributed by atoms with Gasteiger partial charge >= 0.3 is 0 Å². The number of amides is 1. The van der Waals surface area contributed by atoms with Gasteiger partial charge in [0.25, 0.3) is 0 Å². The van der Waals surface area contributed by atoms with Crippen molar-refractivity contribution in [3.05, 3.63) is 24.4 Å². The Bertz CT molecular complexity index is 656. The predicted octanol–water partition coefficient (Wildman–Crippen LogP) is 2.90. The van der Waals surface area contributed by atoms with Crippen molar-refractivity contribution in [2.45, 2.75) is 56.0 Å². The quantitative estimate of drug-likeness (QED) is 0.881. The third kappa shape index (κ3) is 3.27. The van der Waals surface area contributed by atoms with Crippen molar-refractivity contribution >= 4 is 23.3 Å². The molecule has 0 aromatic carbocycles. The summed E-state index contributed by atoms with van der Waals surface area (Å²) in [5.74, 6) is 0.667. The van der Waals surface area contributed by atoms with E-state index in [9.17, 15) is 4.79 Å². The molecule has 1 amide bonds. The summed E-state index contributed by atoms with van der Waals surface area (Å²) in [4.78, 5) is 12.4. The van der Waals surface area contributed by atoms with Crippen LogP contribution in [0.3, 0.4) is 0 Å². The number of hydrogen-bond acceptors (Lipinski definition) is 4. The van der Waals surface area contributed by atoms with Crippen molar-refractivity contribution in [2.24, 2.45) is 5.92 Å². The summed E-state index contributed by atoms with van der Waals surface area (Å²) in [6.45, 7) is 4.16. The fourth-order valence-electron chi connectivity index (χ4n) is 2.94. The topological polar surface area (TPSA) is 59.3 Å². The van der Waals surface area contributed by atoms with E-state index < -0.39 is 0 Å². The highest BCUT2D eigenvalue weighted by Crippen LogP contribution is 2.26. The fraction of sp³-hybridized carbons (Fsp3) is 0.562. The summed E-state index contributed by atoms with van der Waals surface area (Å²) in [5.41, 5.74) is 0.804. The smallest absolute Gasteiger partial charge is 0.233 e. The summed E-state index contributed by atoms with van der Waals surface area (Å²) >= 11 is 1.45. The molecule has 1 saturated carbocycles. The second kappa shape index (κ2) is 6.69. The van der Waals surface area contributed by atoms with Gasteiger partial charge in [0.2, 0.25) is 5.91 Å². The lowest BCUT2D eigenvalue weighted by Gasteiger charge is -2.30. The molecule has 3 rings (SSSR count). The molecule has 2 aromatic heterocycles. The van der Waals surface area contributed by atoms with Gasteiger partial charge in [0.15, 0.2) is 10.8 Å². The third-order valence-electron chi connectivity index (χ3n) is 4.37. The van der Waals surface area contributed by atoms with Crippen LogP contribution >= 0.6 is 11.8 Å². The molecular weight excluding hydrogens is 296 g/mol. The second-order valence-electron chi connectivity index (χ2n) is 6.05. The number of pyridine rings is 1. The number of thioether (sulfide) groups is 1. The van der Waals surface area contributed by atoms with E-state index in [0.717, 1.165) is 17.2 Å². The van der Waals surface area contributed by atoms with Crippen molar-refractivity contribution in [1.82, 2.24) is 19.9 Å². The minimum atomic E-state index is -0.179. The number of fused-ring (bicyclic) bond motifs is 1. The summed E-state index contributed by atoms with van der Waals surface area (Å²) in [5, 5.41) is 12.1. The average molecular weight is 318 g/mol. The Balaban J connectivity index is 1.63. The molecule has 3 unspecified atom stereocenters. The predicted molar refractivity (Wildman–Crippen MR) is 87.9 cm³/mol. The van der Waals surface area contributed by atoms with Crippen molar-refractivity contribution in [3.8, 4) is 0 Å². The molecule has 1 fully saturated rings. The molecule has 0 spiro atoms. The molecule has 3 atom stereocenters. The third-order valence-corrected chi connectivity index (χ3v) is 5.43. The second-order valence-corrected chi connectivity index (χ2v) is 7.36. The lowest BCUT2D eigenvalue weighted by molar-refractivity contribution is -0.121. The Morgan fingerprint density at radius 2 is 2.18 bits per heavy atom. The summed E-state index contributed by atoms with van der Waals surface area (Å²) < 4.78 is 1.91. The van der Waals surface area contributed by atoms with Crippen LogP contribution in [0.15, 0.2) is 29.6 Å². The van der Waals surface area contributed by atoms with Crippen molar-refractivity contribution in [2.75, 3.05) is 0 Å². The molecule has 5 nitrogen and oxygen atoms in total. The van der Waals surface area contributed by atoms with Crippen molar-refractivity contribution in [3.63, 3.8) is 0 Å². The Labute approximate surface area is 134 Å². The van der Waals surface area contributed by atoms with Crippen molar-refractivity contribution < 1.29 is 4.79 Å². The first-order valence-electron chi connectivity index (χ1n) is 7.92. The van der Waals surface area contributed by atoms with Gasteiger partial charge in [0, 0.05) is 12.2 Å². The van der Waals surface area contributed by atoms with Crippen LogP contribution in [0, 0.1) is 5.92 Å². The average Bonchev–Trinajstić information content (AvgIpc) is 2.93. The van der Waals surface area contributed by atoms with E-state index in [0.29, 0.717) is 12.0 Å². The number of hydrogen-bond donors (Lipinski definition) is 1. The highest BCUT2D eigenvalue weighted by molar-refractivity contribution is 8.00. The van der Waals surface area contributed by atoms with Crippen LogP contribution in [-0.2, 0) is 4.79 Å². The van der Waals surface area contributed by atoms with Crippen LogP contribution in [0.1, 0.15) is 39.5 Å². The maximum atomic E-state index is 12.4. The van der Waals surface area contributed by atoms with Gasteiger partial charge in [-0.3, -0.25) is 9.20 Å². The lowest BCUT2D eigenvalue weighted by atomic mass is 9.86. The van der Waals surface area contributed by atoms with Gasteiger partial charge in [-0.2, -0.15) is 0 Å². The first-order chi connectivity index (χ1) is 10.6. The van der Waals surface area contributed by atoms with Crippen LogP contribution in [0.2, 0.25) is 0 Å². The molecule has 0 aliphatic heterocycles. The first-order valence-corrected chi connectivity index (χ1v) is 8.80. The van der Waals surface area contributed by atoms with Crippen molar-refractivity contribution in [1.29, 1.82) is 0 Å². The SMILES string of the molecule is CC(Sc1nnc2ccccn12)C(=O)NC1CCCCC1C. The molecule has 0 bridgehead atoms. The van der Waals surface area contributed by atoms with Gasteiger partial charge in [0.05, 0.1) is 5.25 Å². The zero-order valence-electron chi connectivity index (χ0n) is 13.0. The highest BCUT2D eigenvalue weighted by Gasteiger charge is 2.25. The molecule has 1 N–H and O–H groups in total. The Hall–Kier alpha value is -1.56. The van der Waals surface area contributed by atoms with E-state index in [1.807, 2.05) is 35.7 Å². The molecule has 118 valence electrons. The zero-order chi connectivity index (χ0) is 15.5. The molecule has 0 saturated heterocycles. The van der Waals surface area contributed by atoms with E-state index in [4.69, 9.17) is 0 Å². The summed E-state index contributed by atoms with van der Waals surface area (Å²) in [6.07, 6.45) is 6.72. The standard InChI is InChI=1S/C16H22N4OS/c1-11-7-3-4-8-13(11)17-15(21)12(2)22-16-19-18-14-9-5-6-10-20(14)16/h5-6,9-13H,3-4,7-8H2,1-2H3,(H,17,21). The minimum absolute atomic E-state index is 0.0939. The maximum Gasteiger partial charge on any atom is 0.233 e. The van der Waals surface area contributed by atoms with Gasteiger partial charge in [-0.05, 0) is 37.8 Å². The van der Waals surface area contributed by atoms with Gasteiger partial charge in [-0.25, -0.2) is 0 Å². The minimum Gasteiger partial charge on any atom is -0.352 e. The van der Waals surface area contributed by atoms with Crippen LogP contribution in [0.5, 0.6) is 0 Å². The number of aromatic nitrogens is 3. The number of carbonyl (C=O) groups is 1. The molecular formula is C16H22N4OS. The van der Waals surface area contributed by atoms with E-state index in [2.05, 4.69) is 22.4 Å². The van der Waals surface area contributed by atoms with E-state index in [1.165, 1.54) is 31.0 Å². The highest BCUT2D eigenvalue weighted by atomic mass is 32.2. The normalized spacial score (nSPS) is 23.4. The van der Waals surface area contributed by atoms with E-state index >= 15 is 0 Å². The van der Waals surface area contributed by atoms with Gasteiger partial charge in [-0.15, -0.1) is 10.2 Å². The van der Waals surface area contributed by atoms with Crippen LogP contribution < -0.4 is 5.32 Å². The zero-order valence-corrected chi connectivity index (χ0v) is 13.8. The monoisotopic (exact) mass is 318 g/mol. The number of nitrogens with one attached hydrogen (secondary N) is 1. The van der Waals surface area contributed by atoms with Gasteiger partial charge in [0.1, 0.15) is 0 Å². The first kappa shape index (κ1) is 15.3. The van der Waals surface area contributed by atoms with E-state index in [1.54, 1.807) is 0 Å². The lowest BCUT2D eigenvalue weighted by Crippen LogP contribution is -2.44. The summed E-state index contributed by atoms with van der Waals surface area (Å²) in [6, 6.07) is 6.10. The maximum absolute atomic E-state index is 12.4. The molecule has 0 radical (unpaired) electrons. The Morgan fingerprint density at radius 1 is 1.36 bits per heavy atom.